The molecule has 0 unspecified atom stereocenters. The summed E-state index contributed by atoms with van der Waals surface area (Å²) in [6.07, 6.45) is 2.17. The van der Waals surface area contributed by atoms with Gasteiger partial charge >= 0.3 is 0 Å². The van der Waals surface area contributed by atoms with Crippen LogP contribution in [0, 0.1) is 11.3 Å². The van der Waals surface area contributed by atoms with Crippen LogP contribution in [-0.4, -0.2) is 91.7 Å². The van der Waals surface area contributed by atoms with E-state index >= 15 is 0 Å². The van der Waals surface area contributed by atoms with E-state index in [0.29, 0.717) is 18.2 Å². The summed E-state index contributed by atoms with van der Waals surface area (Å²) in [5.41, 5.74) is 7.29. The molecule has 0 amide bonds. The smallest absolute Gasteiger partial charge is 0.142 e. The van der Waals surface area contributed by atoms with Crippen LogP contribution in [0.4, 0.5) is 11.4 Å². The number of aliphatic hydroxyl groups excluding tert-OH is 1. The number of nitrogens with one attached hydrogen (secondary N) is 1. The zero-order chi connectivity index (χ0) is 27.9. The lowest BCUT2D eigenvalue weighted by molar-refractivity contribution is -0.0660. The van der Waals surface area contributed by atoms with E-state index in [1.54, 1.807) is 13.3 Å². The summed E-state index contributed by atoms with van der Waals surface area (Å²) in [7, 11) is 1.73. The molecule has 3 aliphatic heterocycles. The topological polar surface area (TPSA) is 101 Å². The number of H-pyrrole nitrogens is 1. The predicted molar refractivity (Wildman–Crippen MR) is 159 cm³/mol. The molecule has 3 aliphatic rings. The number of nitriles is 1. The van der Waals surface area contributed by atoms with Crippen molar-refractivity contribution in [1.82, 2.24) is 14.9 Å². The van der Waals surface area contributed by atoms with Crippen LogP contribution in [0.15, 0.2) is 54.7 Å². The van der Waals surface area contributed by atoms with Crippen molar-refractivity contribution in [2.45, 2.75) is 18.6 Å². The molecule has 2 aromatic heterocycles. The molecule has 0 saturated carbocycles. The average molecular weight is 551 g/mol. The van der Waals surface area contributed by atoms with Crippen LogP contribution < -0.4 is 14.5 Å². The molecule has 2 N–H and O–H groups in total. The minimum Gasteiger partial charge on any atom is -0.495 e. The summed E-state index contributed by atoms with van der Waals surface area (Å²) in [6, 6.07) is 19.3. The Morgan fingerprint density at radius 3 is 2.49 bits per heavy atom. The van der Waals surface area contributed by atoms with Crippen LogP contribution in [0.25, 0.3) is 33.4 Å². The van der Waals surface area contributed by atoms with Gasteiger partial charge < -0.3 is 29.4 Å². The van der Waals surface area contributed by atoms with Gasteiger partial charge in [0.2, 0.25) is 0 Å². The van der Waals surface area contributed by atoms with Crippen molar-refractivity contribution in [3.63, 3.8) is 0 Å². The van der Waals surface area contributed by atoms with E-state index in [9.17, 15) is 10.4 Å². The van der Waals surface area contributed by atoms with E-state index in [-0.39, 0.29) is 6.10 Å². The van der Waals surface area contributed by atoms with Gasteiger partial charge in [-0.3, -0.25) is 9.88 Å². The Labute approximate surface area is 239 Å². The number of β-amino-alcohol motifs (C(OH)–C–C–N with tert-alkyl or cyclic N) is 1. The Kier molecular flexibility index (Phi) is 6.75. The second kappa shape index (κ2) is 10.7. The summed E-state index contributed by atoms with van der Waals surface area (Å²) in [5, 5.41) is 20.9. The number of anilines is 2. The summed E-state index contributed by atoms with van der Waals surface area (Å²) in [4.78, 5) is 15.3. The molecule has 2 aromatic carbocycles. The minimum atomic E-state index is -0.347. The number of pyridine rings is 1. The van der Waals surface area contributed by atoms with Crippen molar-refractivity contribution < 1.29 is 14.6 Å². The van der Waals surface area contributed by atoms with Crippen LogP contribution in [-0.2, 0) is 4.74 Å². The summed E-state index contributed by atoms with van der Waals surface area (Å²) >= 11 is 0. The standard InChI is InChI=1S/C32H34N6O3/c1-40-31-15-21(2-5-30(31)37-12-10-36(11-13-37)24-19-41-20-24)28-16-26-27(35-28)6-8-34-32(26)22-3-4-29(23(14-22)17-33)38-9-7-25(39)18-38/h2-6,8,14-16,24-25,35,39H,7,9-13,18-20H2,1H3/t25-/m1/s1. The van der Waals surface area contributed by atoms with Crippen LogP contribution in [0.3, 0.4) is 0 Å². The number of piperazine rings is 1. The van der Waals surface area contributed by atoms with E-state index in [4.69, 9.17) is 14.5 Å². The maximum absolute atomic E-state index is 9.97. The number of nitrogens with zero attached hydrogens (tertiary/aromatic N) is 5. The predicted octanol–water partition coefficient (Wildman–Crippen LogP) is 3.87. The van der Waals surface area contributed by atoms with Crippen molar-refractivity contribution in [1.29, 1.82) is 5.26 Å². The summed E-state index contributed by atoms with van der Waals surface area (Å²) in [5.74, 6) is 0.862. The van der Waals surface area contributed by atoms with E-state index in [2.05, 4.69) is 50.0 Å². The fraction of sp³-hybridized carbons (Fsp3) is 0.375. The zero-order valence-electron chi connectivity index (χ0n) is 23.2. The van der Waals surface area contributed by atoms with Gasteiger partial charge in [-0.25, -0.2) is 0 Å². The molecule has 5 heterocycles. The van der Waals surface area contributed by atoms with Crippen LogP contribution in [0.5, 0.6) is 5.75 Å². The van der Waals surface area contributed by atoms with Gasteiger partial charge in [-0.2, -0.15) is 5.26 Å². The third kappa shape index (κ3) is 4.78. The first kappa shape index (κ1) is 25.8. The fourth-order valence-corrected chi connectivity index (χ4v) is 6.32. The number of hydrogen-bond donors (Lipinski definition) is 2. The van der Waals surface area contributed by atoms with E-state index in [1.165, 1.54) is 0 Å². The van der Waals surface area contributed by atoms with Crippen molar-refractivity contribution in [2.24, 2.45) is 0 Å². The third-order valence-corrected chi connectivity index (χ3v) is 8.73. The summed E-state index contributed by atoms with van der Waals surface area (Å²) < 4.78 is 11.2. The van der Waals surface area contributed by atoms with Gasteiger partial charge in [0.25, 0.3) is 0 Å². The monoisotopic (exact) mass is 550 g/mol. The van der Waals surface area contributed by atoms with Crippen molar-refractivity contribution in [3.05, 3.63) is 60.3 Å². The largest absolute Gasteiger partial charge is 0.495 e. The molecule has 41 heavy (non-hydrogen) atoms. The van der Waals surface area contributed by atoms with Crippen LogP contribution in [0.1, 0.15) is 12.0 Å². The lowest BCUT2D eigenvalue weighted by atomic mass is 10.0. The number of hydrogen-bond acceptors (Lipinski definition) is 8. The first-order valence-corrected chi connectivity index (χ1v) is 14.3. The third-order valence-electron chi connectivity index (χ3n) is 8.73. The Morgan fingerprint density at radius 2 is 1.78 bits per heavy atom. The SMILES string of the molecule is COc1cc(-c2cc3c(-c4ccc(N5CC[C@@H](O)C5)c(C#N)c4)nccc3[nH]2)ccc1N1CCN(C2COC2)CC1. The Hall–Kier alpha value is -4.10. The molecule has 0 radical (unpaired) electrons. The molecule has 9 heteroatoms. The van der Waals surface area contributed by atoms with Gasteiger partial charge in [-0.1, -0.05) is 12.1 Å². The second-order valence-electron chi connectivity index (χ2n) is 11.1. The number of methoxy groups -OCH3 is 1. The lowest BCUT2D eigenvalue weighted by Gasteiger charge is -2.43. The number of fused-ring (bicyclic) bond motifs is 1. The molecule has 3 fully saturated rings. The quantitative estimate of drug-likeness (QED) is 0.373. The van der Waals surface area contributed by atoms with Gasteiger partial charge in [-0.15, -0.1) is 0 Å². The van der Waals surface area contributed by atoms with Gasteiger partial charge in [0.15, 0.2) is 0 Å². The highest BCUT2D eigenvalue weighted by Gasteiger charge is 2.30. The molecule has 0 bridgehead atoms. The molecular formula is C32H34N6O3. The Bertz CT molecular complexity index is 1620. The van der Waals surface area contributed by atoms with Gasteiger partial charge in [0.05, 0.1) is 55.1 Å². The highest BCUT2D eigenvalue weighted by Crippen LogP contribution is 2.37. The number of rotatable bonds is 6. The molecule has 0 aliphatic carbocycles. The second-order valence-corrected chi connectivity index (χ2v) is 11.1. The first-order chi connectivity index (χ1) is 20.1. The minimum absolute atomic E-state index is 0.347. The average Bonchev–Trinajstić information content (AvgIpc) is 3.62. The van der Waals surface area contributed by atoms with Crippen molar-refractivity contribution in [3.8, 4) is 34.3 Å². The van der Waals surface area contributed by atoms with Crippen LogP contribution in [0.2, 0.25) is 0 Å². The maximum atomic E-state index is 9.97. The maximum Gasteiger partial charge on any atom is 0.142 e. The highest BCUT2D eigenvalue weighted by molar-refractivity contribution is 5.97. The number of aromatic amines is 1. The number of aliphatic hydroxyl groups is 1. The summed E-state index contributed by atoms with van der Waals surface area (Å²) in [6.45, 7) is 7.01. The van der Waals surface area contributed by atoms with Gasteiger partial charge in [0, 0.05) is 73.2 Å². The normalized spacial score (nSPS) is 19.9. The first-order valence-electron chi connectivity index (χ1n) is 14.3. The zero-order valence-corrected chi connectivity index (χ0v) is 23.2. The van der Waals surface area contributed by atoms with Gasteiger partial charge in [0.1, 0.15) is 11.8 Å². The number of aromatic nitrogens is 2. The molecule has 7 rings (SSSR count). The number of ether oxygens (including phenoxy) is 2. The van der Waals surface area contributed by atoms with Crippen molar-refractivity contribution in [2.75, 3.05) is 69.4 Å². The Morgan fingerprint density at radius 1 is 0.976 bits per heavy atom. The molecule has 1 atom stereocenters. The van der Waals surface area contributed by atoms with Crippen LogP contribution >= 0.6 is 0 Å². The van der Waals surface area contributed by atoms with E-state index in [0.717, 1.165) is 103 Å². The molecule has 210 valence electrons. The molecule has 9 nitrogen and oxygen atoms in total. The molecule has 3 saturated heterocycles. The van der Waals surface area contributed by atoms with Crippen molar-refractivity contribution >= 4 is 22.3 Å². The molecule has 4 aromatic rings. The Balaban J connectivity index is 1.17. The van der Waals surface area contributed by atoms with Gasteiger partial charge in [-0.05, 0) is 42.8 Å². The molecular weight excluding hydrogens is 516 g/mol. The van der Waals surface area contributed by atoms with E-state index in [1.807, 2.05) is 24.3 Å². The van der Waals surface area contributed by atoms with E-state index < -0.39 is 0 Å². The lowest BCUT2D eigenvalue weighted by Crippen LogP contribution is -2.56. The molecule has 0 spiro atoms. The highest BCUT2D eigenvalue weighted by atomic mass is 16.5. The number of benzene rings is 2. The fourth-order valence-electron chi connectivity index (χ4n) is 6.32.